The summed E-state index contributed by atoms with van der Waals surface area (Å²) in [5.74, 6) is -4.64. The molecular weight excluding hydrogens is 323 g/mol. The molecule has 0 radical (unpaired) electrons. The first kappa shape index (κ1) is 17.8. The van der Waals surface area contributed by atoms with Crippen LogP contribution in [0.25, 0.3) is 0 Å². The summed E-state index contributed by atoms with van der Waals surface area (Å²) in [4.78, 5) is 12.0. The Morgan fingerprint density at radius 2 is 1.67 bits per heavy atom. The predicted octanol–water partition coefficient (Wildman–Crippen LogP) is 2.96. The molecule has 0 saturated heterocycles. The van der Waals surface area contributed by atoms with Gasteiger partial charge in [-0.3, -0.25) is 4.79 Å². The highest BCUT2D eigenvalue weighted by molar-refractivity contribution is 5.95. The number of halogens is 3. The van der Waals surface area contributed by atoms with Gasteiger partial charge in [-0.2, -0.15) is 0 Å². The van der Waals surface area contributed by atoms with E-state index >= 15 is 0 Å². The van der Waals surface area contributed by atoms with Crippen LogP contribution in [0.1, 0.15) is 28.9 Å². The zero-order valence-electron chi connectivity index (χ0n) is 13.0. The van der Waals surface area contributed by atoms with E-state index in [2.05, 4.69) is 5.32 Å². The number of benzene rings is 2. The van der Waals surface area contributed by atoms with Gasteiger partial charge >= 0.3 is 0 Å². The average molecular weight is 339 g/mol. The van der Waals surface area contributed by atoms with Gasteiger partial charge in [0.15, 0.2) is 11.6 Å². The molecule has 0 aliphatic carbocycles. The molecular formula is C17H16F3NO3. The van der Waals surface area contributed by atoms with Crippen LogP contribution in [0.15, 0.2) is 36.4 Å². The van der Waals surface area contributed by atoms with Crippen LogP contribution in [0.2, 0.25) is 0 Å². The summed E-state index contributed by atoms with van der Waals surface area (Å²) >= 11 is 0. The standard InChI is InChI=1S/C17H16F3NO3/c1-9(16(22)10-3-5-11(24-2)6-4-10)21-17(23)14-12(18)7-8-13(19)15(14)20/h3-9,16,22H,1-2H3,(H,21,23). The first-order valence-electron chi connectivity index (χ1n) is 7.11. The summed E-state index contributed by atoms with van der Waals surface area (Å²) in [6.07, 6.45) is -1.13. The van der Waals surface area contributed by atoms with Crippen LogP contribution in [-0.4, -0.2) is 24.2 Å². The second-order valence-electron chi connectivity index (χ2n) is 5.20. The summed E-state index contributed by atoms with van der Waals surface area (Å²) in [5.41, 5.74) is -0.549. The fraction of sp³-hybridized carbons (Fsp3) is 0.235. The van der Waals surface area contributed by atoms with Crippen LogP contribution in [0.3, 0.4) is 0 Å². The highest BCUT2D eigenvalue weighted by Gasteiger charge is 2.25. The third kappa shape index (κ3) is 3.68. The van der Waals surface area contributed by atoms with Crippen LogP contribution < -0.4 is 10.1 Å². The SMILES string of the molecule is COc1ccc(C(O)C(C)NC(=O)c2c(F)ccc(F)c2F)cc1. The summed E-state index contributed by atoms with van der Waals surface area (Å²) in [6, 6.07) is 6.82. The normalized spacial score (nSPS) is 13.2. The third-order valence-corrected chi connectivity index (χ3v) is 3.56. The van der Waals surface area contributed by atoms with E-state index in [0.29, 0.717) is 23.4 Å². The molecule has 2 rings (SSSR count). The van der Waals surface area contributed by atoms with Gasteiger partial charge in [-0.15, -0.1) is 0 Å². The van der Waals surface area contributed by atoms with Gasteiger partial charge < -0.3 is 15.2 Å². The molecule has 0 aliphatic heterocycles. The molecule has 2 N–H and O–H groups in total. The zero-order chi connectivity index (χ0) is 17.9. The molecule has 0 heterocycles. The van der Waals surface area contributed by atoms with Crippen molar-refractivity contribution >= 4 is 5.91 Å². The topological polar surface area (TPSA) is 58.6 Å². The number of ether oxygens (including phenoxy) is 1. The van der Waals surface area contributed by atoms with Crippen molar-refractivity contribution in [3.05, 3.63) is 65.0 Å². The van der Waals surface area contributed by atoms with Crippen molar-refractivity contribution in [2.24, 2.45) is 0 Å². The molecule has 2 unspecified atom stereocenters. The van der Waals surface area contributed by atoms with Gasteiger partial charge in [0.2, 0.25) is 0 Å². The maximum atomic E-state index is 13.6. The van der Waals surface area contributed by atoms with Crippen molar-refractivity contribution in [2.75, 3.05) is 7.11 Å². The summed E-state index contributed by atoms with van der Waals surface area (Å²) in [6.45, 7) is 1.46. The Hall–Kier alpha value is -2.54. The van der Waals surface area contributed by atoms with E-state index < -0.39 is 41.1 Å². The summed E-state index contributed by atoms with van der Waals surface area (Å²) in [5, 5.41) is 12.5. The van der Waals surface area contributed by atoms with Gasteiger partial charge in [-0.25, -0.2) is 13.2 Å². The molecule has 24 heavy (non-hydrogen) atoms. The second kappa shape index (κ2) is 7.35. The van der Waals surface area contributed by atoms with E-state index in [1.54, 1.807) is 24.3 Å². The van der Waals surface area contributed by atoms with E-state index in [9.17, 15) is 23.1 Å². The van der Waals surface area contributed by atoms with Crippen molar-refractivity contribution in [1.29, 1.82) is 0 Å². The lowest BCUT2D eigenvalue weighted by atomic mass is 10.0. The third-order valence-electron chi connectivity index (χ3n) is 3.56. The molecule has 0 fully saturated rings. The van der Waals surface area contributed by atoms with Crippen LogP contribution in [0, 0.1) is 17.5 Å². The summed E-state index contributed by atoms with van der Waals surface area (Å²) in [7, 11) is 1.50. The number of hydrogen-bond acceptors (Lipinski definition) is 3. The molecule has 4 nitrogen and oxygen atoms in total. The highest BCUT2D eigenvalue weighted by Crippen LogP contribution is 2.21. The number of nitrogens with one attached hydrogen (secondary N) is 1. The predicted molar refractivity (Wildman–Crippen MR) is 81.2 cm³/mol. The van der Waals surface area contributed by atoms with Gasteiger partial charge in [0, 0.05) is 0 Å². The van der Waals surface area contributed by atoms with E-state index in [1.165, 1.54) is 14.0 Å². The monoisotopic (exact) mass is 339 g/mol. The Labute approximate surface area is 136 Å². The van der Waals surface area contributed by atoms with Crippen LogP contribution in [0.4, 0.5) is 13.2 Å². The average Bonchev–Trinajstić information content (AvgIpc) is 2.58. The first-order valence-corrected chi connectivity index (χ1v) is 7.11. The Morgan fingerprint density at radius 1 is 1.08 bits per heavy atom. The quantitative estimate of drug-likeness (QED) is 0.824. The molecule has 0 spiro atoms. The van der Waals surface area contributed by atoms with Gasteiger partial charge in [0.05, 0.1) is 19.3 Å². The van der Waals surface area contributed by atoms with Crippen molar-refractivity contribution in [2.45, 2.75) is 19.1 Å². The van der Waals surface area contributed by atoms with Crippen LogP contribution >= 0.6 is 0 Å². The molecule has 2 aromatic rings. The smallest absolute Gasteiger partial charge is 0.257 e. The molecule has 2 aromatic carbocycles. The lowest BCUT2D eigenvalue weighted by Crippen LogP contribution is -2.38. The Kier molecular flexibility index (Phi) is 5.46. The number of rotatable bonds is 5. The van der Waals surface area contributed by atoms with Crippen molar-refractivity contribution in [1.82, 2.24) is 5.32 Å². The number of hydrogen-bond donors (Lipinski definition) is 2. The number of amides is 1. The molecule has 0 aromatic heterocycles. The molecule has 0 saturated carbocycles. The Bertz CT molecular complexity index is 735. The maximum absolute atomic E-state index is 13.6. The maximum Gasteiger partial charge on any atom is 0.257 e. The number of carbonyl (C=O) groups is 1. The molecule has 128 valence electrons. The molecule has 0 aliphatic rings. The van der Waals surface area contributed by atoms with Crippen molar-refractivity contribution in [3.63, 3.8) is 0 Å². The number of carbonyl (C=O) groups excluding carboxylic acids is 1. The van der Waals surface area contributed by atoms with Gasteiger partial charge in [-0.05, 0) is 36.8 Å². The highest BCUT2D eigenvalue weighted by atomic mass is 19.2. The van der Waals surface area contributed by atoms with E-state index in [0.717, 1.165) is 0 Å². The van der Waals surface area contributed by atoms with Crippen LogP contribution in [0.5, 0.6) is 5.75 Å². The number of methoxy groups -OCH3 is 1. The van der Waals surface area contributed by atoms with E-state index in [4.69, 9.17) is 4.74 Å². The largest absolute Gasteiger partial charge is 0.497 e. The zero-order valence-corrected chi connectivity index (χ0v) is 13.0. The van der Waals surface area contributed by atoms with Gasteiger partial charge in [-0.1, -0.05) is 12.1 Å². The van der Waals surface area contributed by atoms with Crippen molar-refractivity contribution < 1.29 is 27.8 Å². The minimum Gasteiger partial charge on any atom is -0.497 e. The number of aliphatic hydroxyl groups is 1. The fourth-order valence-corrected chi connectivity index (χ4v) is 2.18. The van der Waals surface area contributed by atoms with Crippen LogP contribution in [-0.2, 0) is 0 Å². The lowest BCUT2D eigenvalue weighted by Gasteiger charge is -2.21. The lowest BCUT2D eigenvalue weighted by molar-refractivity contribution is 0.0843. The van der Waals surface area contributed by atoms with E-state index in [-0.39, 0.29) is 0 Å². The molecule has 2 atom stereocenters. The molecule has 1 amide bonds. The van der Waals surface area contributed by atoms with Gasteiger partial charge in [0.25, 0.3) is 5.91 Å². The van der Waals surface area contributed by atoms with E-state index in [1.807, 2.05) is 0 Å². The van der Waals surface area contributed by atoms with Gasteiger partial charge in [0.1, 0.15) is 17.1 Å². The summed E-state index contributed by atoms with van der Waals surface area (Å²) < 4.78 is 45.4. The van der Waals surface area contributed by atoms with Crippen molar-refractivity contribution in [3.8, 4) is 5.75 Å². The second-order valence-corrected chi connectivity index (χ2v) is 5.20. The molecule has 0 bridgehead atoms. The fourth-order valence-electron chi connectivity index (χ4n) is 2.18. The Morgan fingerprint density at radius 3 is 2.25 bits per heavy atom. The minimum absolute atomic E-state index is 0.476. The number of aliphatic hydroxyl groups excluding tert-OH is 1. The Balaban J connectivity index is 2.15. The molecule has 7 heteroatoms. The first-order chi connectivity index (χ1) is 11.3. The minimum atomic E-state index is -1.57.